The third-order valence-electron chi connectivity index (χ3n) is 4.74. The average molecular weight is 372 g/mol. The van der Waals surface area contributed by atoms with Crippen molar-refractivity contribution in [2.75, 3.05) is 18.0 Å². The molecule has 134 valence electrons. The van der Waals surface area contributed by atoms with Gasteiger partial charge in [0.1, 0.15) is 0 Å². The number of pyridine rings is 1. The minimum Gasteiger partial charge on any atom is -0.476 e. The number of carbonyl (C=O) groups is 1. The molecule has 0 amide bonds. The third kappa shape index (κ3) is 3.35. The molecule has 26 heavy (non-hydrogen) atoms. The fraction of sp³-hybridized carbons (Fsp3) is 0.333. The van der Waals surface area contributed by atoms with Crippen molar-refractivity contribution in [1.82, 2.24) is 20.0 Å². The fourth-order valence-corrected chi connectivity index (χ4v) is 3.73. The second kappa shape index (κ2) is 6.92. The quantitative estimate of drug-likeness (QED) is 0.758. The second-order valence-corrected chi connectivity index (χ2v) is 7.01. The molecule has 7 nitrogen and oxygen atoms in total. The number of benzene rings is 1. The number of carboxylic acid groups (broad SMARTS) is 1. The van der Waals surface area contributed by atoms with Gasteiger partial charge in [-0.05, 0) is 43.0 Å². The molecular formula is C18H18ClN5O2. The molecule has 0 radical (unpaired) electrons. The highest BCUT2D eigenvalue weighted by atomic mass is 35.5. The minimum atomic E-state index is -1.05. The van der Waals surface area contributed by atoms with Gasteiger partial charge in [0.15, 0.2) is 5.69 Å². The molecule has 1 atom stereocenters. The molecule has 1 aromatic carbocycles. The Morgan fingerprint density at radius 1 is 1.35 bits per heavy atom. The smallest absolute Gasteiger partial charge is 0.358 e. The third-order valence-corrected chi connectivity index (χ3v) is 4.98. The Labute approximate surface area is 155 Å². The molecule has 0 spiro atoms. The summed E-state index contributed by atoms with van der Waals surface area (Å²) in [7, 11) is 0. The molecule has 1 fully saturated rings. The van der Waals surface area contributed by atoms with E-state index in [0.717, 1.165) is 42.5 Å². The van der Waals surface area contributed by atoms with Crippen LogP contribution in [-0.4, -0.2) is 44.1 Å². The van der Waals surface area contributed by atoms with Crippen molar-refractivity contribution in [2.24, 2.45) is 5.92 Å². The Kier molecular flexibility index (Phi) is 4.46. The first-order valence-electron chi connectivity index (χ1n) is 8.53. The summed E-state index contributed by atoms with van der Waals surface area (Å²) in [6.45, 7) is 2.52. The summed E-state index contributed by atoms with van der Waals surface area (Å²) in [6.07, 6.45) is 5.45. The topological polar surface area (TPSA) is 84.1 Å². The van der Waals surface area contributed by atoms with Crippen molar-refractivity contribution >= 4 is 34.2 Å². The van der Waals surface area contributed by atoms with Crippen LogP contribution in [0.4, 0.5) is 5.69 Å². The highest BCUT2D eigenvalue weighted by Crippen LogP contribution is 2.31. The molecular weight excluding hydrogens is 354 g/mol. The fourth-order valence-electron chi connectivity index (χ4n) is 3.56. The van der Waals surface area contributed by atoms with E-state index in [1.54, 1.807) is 4.68 Å². The average Bonchev–Trinajstić information content (AvgIpc) is 3.10. The van der Waals surface area contributed by atoms with E-state index < -0.39 is 5.97 Å². The molecule has 0 unspecified atom stereocenters. The molecule has 0 bridgehead atoms. The first-order valence-corrected chi connectivity index (χ1v) is 8.90. The maximum absolute atomic E-state index is 11.0. The van der Waals surface area contributed by atoms with Crippen LogP contribution in [0, 0.1) is 5.92 Å². The highest BCUT2D eigenvalue weighted by molar-refractivity contribution is 6.31. The summed E-state index contributed by atoms with van der Waals surface area (Å²) in [5.74, 6) is -0.675. The van der Waals surface area contributed by atoms with E-state index in [1.165, 1.54) is 6.20 Å². The predicted octanol–water partition coefficient (Wildman–Crippen LogP) is 3.09. The number of fused-ring (bicyclic) bond motifs is 1. The molecule has 2 aromatic heterocycles. The van der Waals surface area contributed by atoms with Crippen molar-refractivity contribution in [1.29, 1.82) is 0 Å². The van der Waals surface area contributed by atoms with E-state index in [-0.39, 0.29) is 5.69 Å². The van der Waals surface area contributed by atoms with Gasteiger partial charge in [-0.3, -0.25) is 9.67 Å². The highest BCUT2D eigenvalue weighted by Gasteiger charge is 2.23. The minimum absolute atomic E-state index is 0.0188. The predicted molar refractivity (Wildman–Crippen MR) is 98.7 cm³/mol. The number of halogens is 1. The Hall–Kier alpha value is -2.67. The maximum Gasteiger partial charge on any atom is 0.358 e. The zero-order chi connectivity index (χ0) is 18.1. The van der Waals surface area contributed by atoms with Crippen molar-refractivity contribution in [2.45, 2.75) is 19.4 Å². The molecule has 1 N–H and O–H groups in total. The van der Waals surface area contributed by atoms with Gasteiger partial charge in [-0.1, -0.05) is 16.8 Å². The van der Waals surface area contributed by atoms with E-state index >= 15 is 0 Å². The number of hydrogen-bond acceptors (Lipinski definition) is 5. The zero-order valence-electron chi connectivity index (χ0n) is 14.0. The first-order chi connectivity index (χ1) is 12.6. The van der Waals surface area contributed by atoms with E-state index in [4.69, 9.17) is 16.7 Å². The molecule has 1 aliphatic rings. The zero-order valence-corrected chi connectivity index (χ0v) is 14.8. The van der Waals surface area contributed by atoms with Crippen LogP contribution >= 0.6 is 11.6 Å². The lowest BCUT2D eigenvalue weighted by molar-refractivity contribution is 0.0690. The lowest BCUT2D eigenvalue weighted by Crippen LogP contribution is -2.37. The number of aromatic nitrogens is 4. The van der Waals surface area contributed by atoms with Gasteiger partial charge in [-0.15, -0.1) is 5.10 Å². The number of piperidine rings is 1. The summed E-state index contributed by atoms with van der Waals surface area (Å²) in [6, 6.07) is 7.82. The van der Waals surface area contributed by atoms with Crippen LogP contribution in [0.25, 0.3) is 10.9 Å². The SMILES string of the molecule is O=C(O)c1cn(C[C@H]2CCCN(c3ccnc4cc(Cl)ccc34)C2)nn1. The van der Waals surface area contributed by atoms with Crippen molar-refractivity contribution in [3.8, 4) is 0 Å². The molecule has 3 heterocycles. The lowest BCUT2D eigenvalue weighted by Gasteiger charge is -2.35. The van der Waals surface area contributed by atoms with Crippen LogP contribution in [0.15, 0.2) is 36.7 Å². The van der Waals surface area contributed by atoms with Gasteiger partial charge in [0, 0.05) is 41.9 Å². The summed E-state index contributed by atoms with van der Waals surface area (Å²) < 4.78 is 1.63. The number of aromatic carboxylic acids is 1. The van der Waals surface area contributed by atoms with Crippen LogP contribution in [0.2, 0.25) is 5.02 Å². The Bertz CT molecular complexity index is 958. The van der Waals surface area contributed by atoms with Crippen LogP contribution in [0.3, 0.4) is 0 Å². The van der Waals surface area contributed by atoms with Crippen LogP contribution < -0.4 is 4.90 Å². The van der Waals surface area contributed by atoms with Gasteiger partial charge in [-0.25, -0.2) is 4.79 Å². The second-order valence-electron chi connectivity index (χ2n) is 6.58. The lowest BCUT2D eigenvalue weighted by atomic mass is 9.97. The van der Waals surface area contributed by atoms with Crippen LogP contribution in [0.1, 0.15) is 23.3 Å². The molecule has 8 heteroatoms. The van der Waals surface area contributed by atoms with E-state index in [0.29, 0.717) is 17.5 Å². The molecule has 1 aliphatic heterocycles. The van der Waals surface area contributed by atoms with Gasteiger partial charge in [0.2, 0.25) is 0 Å². The Morgan fingerprint density at radius 2 is 2.23 bits per heavy atom. The maximum atomic E-state index is 11.0. The number of anilines is 1. The largest absolute Gasteiger partial charge is 0.476 e. The van der Waals surface area contributed by atoms with Gasteiger partial charge in [-0.2, -0.15) is 0 Å². The molecule has 3 aromatic rings. The van der Waals surface area contributed by atoms with Gasteiger partial charge < -0.3 is 10.0 Å². The summed E-state index contributed by atoms with van der Waals surface area (Å²) in [4.78, 5) is 17.7. The first kappa shape index (κ1) is 16.8. The van der Waals surface area contributed by atoms with E-state index in [1.807, 2.05) is 30.5 Å². The van der Waals surface area contributed by atoms with E-state index in [9.17, 15) is 4.79 Å². The van der Waals surface area contributed by atoms with Crippen molar-refractivity contribution in [3.05, 3.63) is 47.4 Å². The number of hydrogen-bond donors (Lipinski definition) is 1. The number of rotatable bonds is 4. The van der Waals surface area contributed by atoms with Crippen LogP contribution in [-0.2, 0) is 6.54 Å². The molecule has 1 saturated heterocycles. The van der Waals surface area contributed by atoms with Gasteiger partial charge >= 0.3 is 5.97 Å². The molecule has 0 saturated carbocycles. The van der Waals surface area contributed by atoms with Crippen molar-refractivity contribution in [3.63, 3.8) is 0 Å². The number of carboxylic acids is 1. The summed E-state index contributed by atoms with van der Waals surface area (Å²) in [5.41, 5.74) is 2.02. The normalized spacial score (nSPS) is 17.6. The molecule has 4 rings (SSSR count). The monoisotopic (exact) mass is 371 g/mol. The Balaban J connectivity index is 1.54. The Morgan fingerprint density at radius 3 is 3.04 bits per heavy atom. The van der Waals surface area contributed by atoms with Gasteiger partial charge in [0.05, 0.1) is 11.7 Å². The van der Waals surface area contributed by atoms with Crippen molar-refractivity contribution < 1.29 is 9.90 Å². The summed E-state index contributed by atoms with van der Waals surface area (Å²) in [5, 5.41) is 18.4. The molecule has 0 aliphatic carbocycles. The standard InChI is InChI=1S/C18H18ClN5O2/c19-13-3-4-14-15(8-13)20-6-5-17(14)23-7-1-2-12(9-23)10-24-11-16(18(25)26)21-22-24/h3-6,8,11-12H,1-2,7,9-10H2,(H,25,26)/t12-/m0/s1. The van der Waals surface area contributed by atoms with Gasteiger partial charge in [0.25, 0.3) is 0 Å². The van der Waals surface area contributed by atoms with E-state index in [2.05, 4.69) is 20.2 Å². The summed E-state index contributed by atoms with van der Waals surface area (Å²) >= 11 is 6.08. The van der Waals surface area contributed by atoms with Crippen LogP contribution in [0.5, 0.6) is 0 Å². The number of nitrogens with zero attached hydrogens (tertiary/aromatic N) is 5.